The average molecular weight is 276 g/mol. The Morgan fingerprint density at radius 2 is 1.95 bits per heavy atom. The van der Waals surface area contributed by atoms with Crippen LogP contribution >= 0.6 is 0 Å². The number of piperidine rings is 1. The number of rotatable bonds is 3. The molecule has 2 saturated heterocycles. The zero-order valence-electron chi connectivity index (χ0n) is 12.5. The van der Waals surface area contributed by atoms with Crippen molar-refractivity contribution in [1.29, 1.82) is 0 Å². The van der Waals surface area contributed by atoms with Gasteiger partial charge in [-0.15, -0.1) is 0 Å². The lowest BCUT2D eigenvalue weighted by atomic mass is 9.85. The second-order valence-corrected chi connectivity index (χ2v) is 6.02. The molecule has 2 aliphatic rings. The van der Waals surface area contributed by atoms with Crippen LogP contribution in [-0.2, 0) is 4.74 Å². The van der Waals surface area contributed by atoms with Gasteiger partial charge in [-0.3, -0.25) is 4.90 Å². The van der Waals surface area contributed by atoms with Gasteiger partial charge in [0.25, 0.3) is 0 Å². The smallest absolute Gasteiger partial charge is 0.225 e. The van der Waals surface area contributed by atoms with E-state index in [4.69, 9.17) is 4.74 Å². The van der Waals surface area contributed by atoms with Crippen LogP contribution in [0.1, 0.15) is 25.7 Å². The zero-order chi connectivity index (χ0) is 14.0. The molecule has 0 aromatic carbocycles. The summed E-state index contributed by atoms with van der Waals surface area (Å²) < 4.78 is 5.35. The maximum absolute atomic E-state index is 5.35. The molecule has 1 aromatic rings. The molecule has 1 aromatic heterocycles. The van der Waals surface area contributed by atoms with Crippen molar-refractivity contribution in [3.05, 3.63) is 18.5 Å². The Hall–Kier alpha value is -1.20. The summed E-state index contributed by atoms with van der Waals surface area (Å²) >= 11 is 0. The number of aromatic nitrogens is 2. The van der Waals surface area contributed by atoms with E-state index < -0.39 is 0 Å². The highest BCUT2D eigenvalue weighted by atomic mass is 16.5. The molecule has 0 radical (unpaired) electrons. The first-order valence-corrected chi connectivity index (χ1v) is 7.49. The Balaban J connectivity index is 1.64. The van der Waals surface area contributed by atoms with Crippen LogP contribution in [0.3, 0.4) is 0 Å². The average Bonchev–Trinajstić information content (AvgIpc) is 2.79. The predicted molar refractivity (Wildman–Crippen MR) is 78.9 cm³/mol. The first kappa shape index (κ1) is 13.8. The molecule has 1 atom stereocenters. The maximum Gasteiger partial charge on any atom is 0.225 e. The Kier molecular flexibility index (Phi) is 3.89. The van der Waals surface area contributed by atoms with Gasteiger partial charge in [-0.2, -0.15) is 0 Å². The number of hydrogen-bond acceptors (Lipinski definition) is 5. The highest BCUT2D eigenvalue weighted by Crippen LogP contribution is 2.40. The molecule has 5 heteroatoms. The van der Waals surface area contributed by atoms with Gasteiger partial charge in [0, 0.05) is 44.2 Å². The van der Waals surface area contributed by atoms with Crippen molar-refractivity contribution in [2.75, 3.05) is 38.8 Å². The number of anilines is 1. The summed E-state index contributed by atoms with van der Waals surface area (Å²) in [5.41, 5.74) is 0.370. The van der Waals surface area contributed by atoms with Crippen molar-refractivity contribution in [1.82, 2.24) is 14.9 Å². The molecule has 5 nitrogen and oxygen atoms in total. The van der Waals surface area contributed by atoms with Crippen molar-refractivity contribution in [3.8, 4) is 0 Å². The molecule has 110 valence electrons. The summed E-state index contributed by atoms with van der Waals surface area (Å²) in [6, 6.07) is 2.45. The second-order valence-electron chi connectivity index (χ2n) is 6.02. The van der Waals surface area contributed by atoms with Crippen molar-refractivity contribution >= 4 is 5.95 Å². The van der Waals surface area contributed by atoms with E-state index in [0.29, 0.717) is 11.6 Å². The standard InChI is InChI=1S/C15H24N4O/c1-18-13(12-20-2)4-5-15(18)6-10-19(11-7-15)14-16-8-3-9-17-14/h3,8-9,13H,4-7,10-12H2,1-2H3/t13-/m0/s1. The van der Waals surface area contributed by atoms with E-state index in [1.807, 2.05) is 18.5 Å². The molecular formula is C15H24N4O. The third-order valence-corrected chi connectivity index (χ3v) is 5.13. The molecule has 0 amide bonds. The van der Waals surface area contributed by atoms with Gasteiger partial charge in [0.1, 0.15) is 0 Å². The molecule has 3 heterocycles. The number of methoxy groups -OCH3 is 1. The van der Waals surface area contributed by atoms with Crippen LogP contribution in [0.15, 0.2) is 18.5 Å². The van der Waals surface area contributed by atoms with Gasteiger partial charge >= 0.3 is 0 Å². The van der Waals surface area contributed by atoms with Crippen molar-refractivity contribution in [2.45, 2.75) is 37.3 Å². The quantitative estimate of drug-likeness (QED) is 0.838. The second kappa shape index (κ2) is 5.66. The van der Waals surface area contributed by atoms with E-state index in [9.17, 15) is 0 Å². The lowest BCUT2D eigenvalue weighted by molar-refractivity contribution is 0.0606. The van der Waals surface area contributed by atoms with Crippen LogP contribution < -0.4 is 4.90 Å². The lowest BCUT2D eigenvalue weighted by Crippen LogP contribution is -2.53. The first-order chi connectivity index (χ1) is 9.75. The Labute approximate surface area is 121 Å². The third-order valence-electron chi connectivity index (χ3n) is 5.13. The lowest BCUT2D eigenvalue weighted by Gasteiger charge is -2.45. The highest BCUT2D eigenvalue weighted by Gasteiger charge is 2.45. The number of ether oxygens (including phenoxy) is 1. The highest BCUT2D eigenvalue weighted by molar-refractivity contribution is 5.30. The van der Waals surface area contributed by atoms with Crippen LogP contribution in [0.2, 0.25) is 0 Å². The molecule has 3 rings (SSSR count). The molecule has 0 saturated carbocycles. The molecule has 2 fully saturated rings. The Morgan fingerprint density at radius 1 is 1.25 bits per heavy atom. The summed E-state index contributed by atoms with van der Waals surface area (Å²) in [5, 5.41) is 0. The summed E-state index contributed by atoms with van der Waals surface area (Å²) in [6.07, 6.45) is 8.59. The van der Waals surface area contributed by atoms with Crippen LogP contribution in [0.4, 0.5) is 5.95 Å². The van der Waals surface area contributed by atoms with Crippen molar-refractivity contribution in [3.63, 3.8) is 0 Å². The summed E-state index contributed by atoms with van der Waals surface area (Å²) in [6.45, 7) is 2.95. The normalized spacial score (nSPS) is 26.3. The van der Waals surface area contributed by atoms with E-state index in [-0.39, 0.29) is 0 Å². The molecular weight excluding hydrogens is 252 g/mol. The van der Waals surface area contributed by atoms with Crippen LogP contribution in [-0.4, -0.2) is 60.3 Å². The number of likely N-dealkylation sites (N-methyl/N-ethyl adjacent to an activating group) is 1. The summed E-state index contributed by atoms with van der Waals surface area (Å²) in [7, 11) is 4.07. The van der Waals surface area contributed by atoms with Gasteiger partial charge in [0.2, 0.25) is 5.95 Å². The van der Waals surface area contributed by atoms with Gasteiger partial charge in [-0.1, -0.05) is 0 Å². The largest absolute Gasteiger partial charge is 0.383 e. The van der Waals surface area contributed by atoms with Crippen LogP contribution in [0, 0.1) is 0 Å². The minimum Gasteiger partial charge on any atom is -0.383 e. The fourth-order valence-electron chi connectivity index (χ4n) is 3.76. The van der Waals surface area contributed by atoms with Gasteiger partial charge in [-0.05, 0) is 38.8 Å². The van der Waals surface area contributed by atoms with Crippen molar-refractivity contribution in [2.24, 2.45) is 0 Å². The van der Waals surface area contributed by atoms with Gasteiger partial charge in [0.15, 0.2) is 0 Å². The molecule has 0 unspecified atom stereocenters. The van der Waals surface area contributed by atoms with Gasteiger partial charge in [0.05, 0.1) is 6.61 Å². The Bertz CT molecular complexity index is 431. The monoisotopic (exact) mass is 276 g/mol. The SMILES string of the molecule is COC[C@@H]1CCC2(CCN(c3ncccn3)CC2)N1C. The fourth-order valence-corrected chi connectivity index (χ4v) is 3.76. The van der Waals surface area contributed by atoms with Gasteiger partial charge < -0.3 is 9.64 Å². The molecule has 0 N–H and O–H groups in total. The van der Waals surface area contributed by atoms with E-state index in [1.54, 1.807) is 7.11 Å². The van der Waals surface area contributed by atoms with E-state index in [2.05, 4.69) is 26.8 Å². The number of likely N-dealkylation sites (tertiary alicyclic amines) is 1. The predicted octanol–water partition coefficient (Wildman–Crippen LogP) is 1.56. The van der Waals surface area contributed by atoms with Crippen LogP contribution in [0.25, 0.3) is 0 Å². The molecule has 20 heavy (non-hydrogen) atoms. The summed E-state index contributed by atoms with van der Waals surface area (Å²) in [5.74, 6) is 0.872. The zero-order valence-corrected chi connectivity index (χ0v) is 12.5. The Morgan fingerprint density at radius 3 is 2.60 bits per heavy atom. The van der Waals surface area contributed by atoms with E-state index in [1.165, 1.54) is 25.7 Å². The van der Waals surface area contributed by atoms with Gasteiger partial charge in [-0.25, -0.2) is 9.97 Å². The van der Waals surface area contributed by atoms with Crippen molar-refractivity contribution < 1.29 is 4.74 Å². The molecule has 1 spiro atoms. The topological polar surface area (TPSA) is 41.5 Å². The number of hydrogen-bond donors (Lipinski definition) is 0. The first-order valence-electron chi connectivity index (χ1n) is 7.49. The van der Waals surface area contributed by atoms with E-state index >= 15 is 0 Å². The maximum atomic E-state index is 5.35. The minimum absolute atomic E-state index is 0.370. The van der Waals surface area contributed by atoms with Crippen LogP contribution in [0.5, 0.6) is 0 Å². The molecule has 0 bridgehead atoms. The third kappa shape index (κ3) is 2.40. The fraction of sp³-hybridized carbons (Fsp3) is 0.733. The summed E-state index contributed by atoms with van der Waals surface area (Å²) in [4.78, 5) is 13.6. The molecule has 2 aliphatic heterocycles. The van der Waals surface area contributed by atoms with E-state index in [0.717, 1.165) is 25.6 Å². The molecule has 0 aliphatic carbocycles. The minimum atomic E-state index is 0.370. The number of nitrogens with zero attached hydrogens (tertiary/aromatic N) is 4.